The van der Waals surface area contributed by atoms with Gasteiger partial charge in [0.2, 0.25) is 0 Å². The van der Waals surface area contributed by atoms with E-state index in [2.05, 4.69) is 10.1 Å². The van der Waals surface area contributed by atoms with Crippen LogP contribution in [0.25, 0.3) is 10.8 Å². The quantitative estimate of drug-likeness (QED) is 0.180. The Morgan fingerprint density at radius 1 is 1.21 bits per heavy atom. The van der Waals surface area contributed by atoms with E-state index < -0.39 is 80.3 Å². The van der Waals surface area contributed by atoms with Crippen molar-refractivity contribution in [1.29, 1.82) is 0 Å². The number of nitrogen functional groups attached to an aromatic ring is 1. The van der Waals surface area contributed by atoms with Crippen LogP contribution in [-0.2, 0) is 23.4 Å². The number of ether oxygens (including phenoxy) is 2. The first-order valence-corrected chi connectivity index (χ1v) is 14.5. The molecule has 1 aromatic heterocycles. The number of carbonyl (C=O) groups is 1. The van der Waals surface area contributed by atoms with E-state index in [1.807, 2.05) is 0 Å². The third kappa shape index (κ3) is 6.84. The zero-order chi connectivity index (χ0) is 31.7. The molecule has 2 heterocycles. The van der Waals surface area contributed by atoms with E-state index in [-0.39, 0.29) is 5.75 Å². The Kier molecular flexibility index (Phi) is 9.49. The van der Waals surface area contributed by atoms with E-state index in [0.29, 0.717) is 16.2 Å². The topological polar surface area (TPSA) is 184 Å². The summed E-state index contributed by atoms with van der Waals surface area (Å²) in [7, 11) is -4.78. The van der Waals surface area contributed by atoms with Gasteiger partial charge in [-0.2, -0.15) is 10.1 Å². The summed E-state index contributed by atoms with van der Waals surface area (Å²) in [5.41, 5.74) is 0.861. The SMILES string of the molecule is CC(C)OC(=O)[C@H](C)NP(=O)(OC[C@@]1(C(F)F)O[C@@H](n2cc(F)c(N)nc2=O)[C@@H](O)[C@@H]1O)Oc1ccc2ccccc2c1. The molecule has 0 amide bonds. The zero-order valence-electron chi connectivity index (χ0n) is 23.1. The molecule has 234 valence electrons. The van der Waals surface area contributed by atoms with E-state index in [4.69, 9.17) is 24.3 Å². The van der Waals surface area contributed by atoms with Gasteiger partial charge in [0.1, 0.15) is 24.0 Å². The second kappa shape index (κ2) is 12.6. The van der Waals surface area contributed by atoms with Crippen molar-refractivity contribution in [3.63, 3.8) is 0 Å². The van der Waals surface area contributed by atoms with Crippen LogP contribution in [0.5, 0.6) is 5.75 Å². The molecule has 1 unspecified atom stereocenters. The molecule has 13 nitrogen and oxygen atoms in total. The van der Waals surface area contributed by atoms with Gasteiger partial charge in [0.25, 0.3) is 6.43 Å². The van der Waals surface area contributed by atoms with Crippen LogP contribution in [0.2, 0.25) is 0 Å². The lowest BCUT2D eigenvalue weighted by molar-refractivity contribution is -0.193. The monoisotopic (exact) mass is 630 g/mol. The lowest BCUT2D eigenvalue weighted by Gasteiger charge is -2.32. The molecule has 0 bridgehead atoms. The number of nitrogens with one attached hydrogen (secondary N) is 1. The minimum absolute atomic E-state index is 0.0363. The van der Waals surface area contributed by atoms with Crippen molar-refractivity contribution in [1.82, 2.24) is 14.6 Å². The lowest BCUT2D eigenvalue weighted by Crippen LogP contribution is -2.53. The van der Waals surface area contributed by atoms with Crippen LogP contribution in [0.3, 0.4) is 0 Å². The number of esters is 1. The lowest BCUT2D eigenvalue weighted by atomic mass is 9.96. The van der Waals surface area contributed by atoms with Crippen molar-refractivity contribution in [3.05, 3.63) is 65.0 Å². The third-order valence-corrected chi connectivity index (χ3v) is 8.12. The molecule has 2 aromatic carbocycles. The fraction of sp³-hybridized carbons (Fsp3) is 0.423. The second-order valence-corrected chi connectivity index (χ2v) is 11.8. The summed E-state index contributed by atoms with van der Waals surface area (Å²) in [4.78, 5) is 27.9. The van der Waals surface area contributed by atoms with Gasteiger partial charge in [0, 0.05) is 0 Å². The number of nitrogens with two attached hydrogens (primary N) is 1. The van der Waals surface area contributed by atoms with Crippen LogP contribution in [0.4, 0.5) is 19.0 Å². The molecule has 17 heteroatoms. The fourth-order valence-electron chi connectivity index (χ4n) is 4.30. The van der Waals surface area contributed by atoms with Gasteiger partial charge in [0.15, 0.2) is 23.5 Å². The minimum Gasteiger partial charge on any atom is -0.462 e. The maximum absolute atomic E-state index is 14.6. The molecule has 1 saturated heterocycles. The number of rotatable bonds is 11. The molecule has 5 N–H and O–H groups in total. The highest BCUT2D eigenvalue weighted by atomic mass is 31.2. The summed E-state index contributed by atoms with van der Waals surface area (Å²) in [6.45, 7) is 3.02. The van der Waals surface area contributed by atoms with Gasteiger partial charge in [-0.25, -0.2) is 22.5 Å². The van der Waals surface area contributed by atoms with E-state index in [1.54, 1.807) is 44.2 Å². The van der Waals surface area contributed by atoms with Gasteiger partial charge in [-0.05, 0) is 43.7 Å². The van der Waals surface area contributed by atoms with Crippen molar-refractivity contribution < 1.29 is 51.3 Å². The maximum Gasteiger partial charge on any atom is 0.459 e. The Morgan fingerprint density at radius 3 is 2.53 bits per heavy atom. The Labute approximate surface area is 242 Å². The number of carbonyl (C=O) groups excluding carboxylic acids is 1. The van der Waals surface area contributed by atoms with E-state index in [9.17, 15) is 37.5 Å². The average molecular weight is 631 g/mol. The van der Waals surface area contributed by atoms with Gasteiger partial charge in [-0.15, -0.1) is 0 Å². The Morgan fingerprint density at radius 2 is 1.88 bits per heavy atom. The van der Waals surface area contributed by atoms with E-state index >= 15 is 0 Å². The Bertz CT molecular complexity index is 1590. The van der Waals surface area contributed by atoms with Crippen molar-refractivity contribution in [3.8, 4) is 5.75 Å². The van der Waals surface area contributed by atoms with Gasteiger partial charge in [-0.1, -0.05) is 30.3 Å². The molecule has 3 aromatic rings. The number of hydrogen-bond acceptors (Lipinski definition) is 11. The third-order valence-electron chi connectivity index (χ3n) is 6.50. The molecule has 43 heavy (non-hydrogen) atoms. The number of halogens is 3. The standard InChI is InChI=1S/C26H30F3N4O9P/c1-13(2)40-23(36)14(3)32-43(38,42-17-9-8-15-6-4-5-7-16(15)10-17)39-12-26(24(28)29)20(35)19(34)22(41-26)33-11-18(27)21(30)31-25(33)37/h4-11,13-14,19-20,22,24,34-35H,12H2,1-3H3,(H,32,38)(H2,30,31,37)/t14-,19-,20-,22+,26+,43?/m0/s1. The number of anilines is 1. The number of alkyl halides is 2. The molecular weight excluding hydrogens is 600 g/mol. The molecule has 0 spiro atoms. The maximum atomic E-state index is 14.6. The number of hydrogen-bond donors (Lipinski definition) is 4. The molecule has 0 aliphatic carbocycles. The average Bonchev–Trinajstić information content (AvgIpc) is 3.19. The normalized spacial score (nSPS) is 24.3. The first-order valence-electron chi connectivity index (χ1n) is 12.9. The number of aliphatic hydroxyl groups excluding tert-OH is 2. The first kappa shape index (κ1) is 32.4. The number of aliphatic hydroxyl groups is 2. The highest BCUT2D eigenvalue weighted by Gasteiger charge is 2.61. The molecule has 1 aliphatic rings. The zero-order valence-corrected chi connectivity index (χ0v) is 24.0. The van der Waals surface area contributed by atoms with E-state index in [1.165, 1.54) is 19.1 Å². The van der Waals surface area contributed by atoms with Crippen LogP contribution in [0.15, 0.2) is 53.5 Å². The van der Waals surface area contributed by atoms with Crippen LogP contribution < -0.4 is 21.0 Å². The highest BCUT2D eigenvalue weighted by Crippen LogP contribution is 2.49. The highest BCUT2D eigenvalue weighted by molar-refractivity contribution is 7.52. The van der Waals surface area contributed by atoms with Gasteiger partial charge in [-0.3, -0.25) is 13.9 Å². The predicted molar refractivity (Wildman–Crippen MR) is 146 cm³/mol. The van der Waals surface area contributed by atoms with Crippen molar-refractivity contribution in [2.45, 2.75) is 63.4 Å². The van der Waals surface area contributed by atoms with Gasteiger partial charge < -0.3 is 29.9 Å². The fourth-order valence-corrected chi connectivity index (χ4v) is 5.82. The van der Waals surface area contributed by atoms with Crippen LogP contribution >= 0.6 is 7.75 Å². The molecule has 4 rings (SSSR count). The van der Waals surface area contributed by atoms with Gasteiger partial charge in [0.05, 0.1) is 18.9 Å². The van der Waals surface area contributed by atoms with E-state index in [0.717, 1.165) is 5.39 Å². The van der Waals surface area contributed by atoms with Crippen molar-refractivity contribution in [2.24, 2.45) is 0 Å². The largest absolute Gasteiger partial charge is 0.462 e. The Balaban J connectivity index is 1.66. The van der Waals surface area contributed by atoms with Crippen LogP contribution in [0, 0.1) is 5.82 Å². The molecule has 6 atom stereocenters. The molecule has 1 fully saturated rings. The summed E-state index contributed by atoms with van der Waals surface area (Å²) in [5.74, 6) is -2.92. The summed E-state index contributed by atoms with van der Waals surface area (Å²) >= 11 is 0. The van der Waals surface area contributed by atoms with Crippen LogP contribution in [0.1, 0.15) is 27.0 Å². The summed E-state index contributed by atoms with van der Waals surface area (Å²) in [6, 6.07) is 10.3. The van der Waals surface area contributed by atoms with Gasteiger partial charge >= 0.3 is 19.4 Å². The smallest absolute Gasteiger partial charge is 0.459 e. The number of nitrogens with zero attached hydrogens (tertiary/aromatic N) is 2. The summed E-state index contributed by atoms with van der Waals surface area (Å²) < 4.78 is 78.7. The van der Waals surface area contributed by atoms with Crippen molar-refractivity contribution >= 4 is 30.3 Å². The van der Waals surface area contributed by atoms with Crippen LogP contribution in [-0.4, -0.2) is 68.7 Å². The molecule has 0 saturated carbocycles. The molecular formula is C26H30F3N4O9P. The minimum atomic E-state index is -4.78. The molecule has 1 aliphatic heterocycles. The first-order chi connectivity index (χ1) is 20.2. The Hall–Kier alpha value is -3.53. The number of aromatic nitrogens is 2. The summed E-state index contributed by atoms with van der Waals surface area (Å²) in [5, 5.41) is 25.0. The predicted octanol–water partition coefficient (Wildman–Crippen LogP) is 2.51. The molecule has 0 radical (unpaired) electrons. The number of fused-ring (bicyclic) bond motifs is 1. The summed E-state index contributed by atoms with van der Waals surface area (Å²) in [6.07, 6.45) is -10.5. The second-order valence-electron chi connectivity index (χ2n) is 10.1. The van der Waals surface area contributed by atoms with Crippen molar-refractivity contribution in [2.75, 3.05) is 12.3 Å². The number of benzene rings is 2.